The average molecular weight is 395 g/mol. The first-order valence-electron chi connectivity index (χ1n) is 9.78. The van der Waals surface area contributed by atoms with Crippen LogP contribution in [0.2, 0.25) is 0 Å². The van der Waals surface area contributed by atoms with Gasteiger partial charge in [0.05, 0.1) is 0 Å². The Balaban J connectivity index is 2.26. The molecule has 1 aliphatic rings. The van der Waals surface area contributed by atoms with Gasteiger partial charge in [0.2, 0.25) is 11.8 Å². The number of carbonyl (C=O) groups is 2. The zero-order valence-corrected chi connectivity index (χ0v) is 17.1. The number of nitrogens with zero attached hydrogens (tertiary/aromatic N) is 1. The minimum atomic E-state index is -0.671. The van der Waals surface area contributed by atoms with Gasteiger partial charge in [-0.05, 0) is 31.7 Å². The molecule has 1 N–H and O–H groups in total. The minimum Gasteiger partial charge on any atom is -0.385 e. The molecule has 1 aromatic carbocycles. The van der Waals surface area contributed by atoms with Crippen molar-refractivity contribution in [3.05, 3.63) is 35.4 Å². The number of aryl methyl sites for hydroxylation is 1. The standard InChI is InChI=1S/C21H31ClN2O3/c1-16-9-11-17(12-10-16)20(21(26)23-18-7-4-3-5-8-18)24(19(25)15-22)13-6-14-27-2/h9-12,18,20H,3-8,13-15H2,1-2H3,(H,23,26)/t20-/m0/s1. The molecule has 0 bridgehead atoms. The fourth-order valence-corrected chi connectivity index (χ4v) is 3.76. The zero-order chi connectivity index (χ0) is 19.6. The van der Waals surface area contributed by atoms with Crippen LogP contribution < -0.4 is 5.32 Å². The lowest BCUT2D eigenvalue weighted by Crippen LogP contribution is -2.47. The molecule has 0 radical (unpaired) electrons. The molecule has 0 aromatic heterocycles. The van der Waals surface area contributed by atoms with Gasteiger partial charge in [-0.1, -0.05) is 49.1 Å². The van der Waals surface area contributed by atoms with Gasteiger partial charge in [0.15, 0.2) is 0 Å². The number of benzene rings is 1. The van der Waals surface area contributed by atoms with Gasteiger partial charge in [0, 0.05) is 26.3 Å². The second-order valence-corrected chi connectivity index (χ2v) is 7.49. The van der Waals surface area contributed by atoms with E-state index in [1.54, 1.807) is 12.0 Å². The summed E-state index contributed by atoms with van der Waals surface area (Å²) in [5.74, 6) is -0.509. The first-order chi connectivity index (χ1) is 13.1. The summed E-state index contributed by atoms with van der Waals surface area (Å²) in [5, 5.41) is 3.17. The summed E-state index contributed by atoms with van der Waals surface area (Å²) >= 11 is 5.86. The largest absolute Gasteiger partial charge is 0.385 e. The summed E-state index contributed by atoms with van der Waals surface area (Å²) in [6, 6.07) is 7.29. The van der Waals surface area contributed by atoms with Crippen LogP contribution in [0.1, 0.15) is 55.7 Å². The van der Waals surface area contributed by atoms with Crippen molar-refractivity contribution >= 4 is 23.4 Å². The monoisotopic (exact) mass is 394 g/mol. The van der Waals surface area contributed by atoms with Gasteiger partial charge in [-0.2, -0.15) is 0 Å². The molecular weight excluding hydrogens is 364 g/mol. The third-order valence-electron chi connectivity index (χ3n) is 5.09. The van der Waals surface area contributed by atoms with Crippen LogP contribution in [0.5, 0.6) is 0 Å². The van der Waals surface area contributed by atoms with Crippen LogP contribution >= 0.6 is 11.6 Å². The van der Waals surface area contributed by atoms with E-state index in [0.29, 0.717) is 19.6 Å². The van der Waals surface area contributed by atoms with E-state index in [4.69, 9.17) is 16.3 Å². The maximum absolute atomic E-state index is 13.2. The summed E-state index contributed by atoms with van der Waals surface area (Å²) in [4.78, 5) is 27.4. The van der Waals surface area contributed by atoms with E-state index in [2.05, 4.69) is 5.32 Å². The van der Waals surface area contributed by atoms with Crippen LogP contribution in [0.15, 0.2) is 24.3 Å². The Morgan fingerprint density at radius 3 is 2.48 bits per heavy atom. The third kappa shape index (κ3) is 6.51. The molecule has 0 unspecified atom stereocenters. The zero-order valence-electron chi connectivity index (χ0n) is 16.4. The average Bonchev–Trinajstić information content (AvgIpc) is 2.68. The predicted octanol–water partition coefficient (Wildman–Crippen LogP) is 3.59. The Hall–Kier alpha value is -1.59. The van der Waals surface area contributed by atoms with Crippen LogP contribution in [-0.4, -0.2) is 48.9 Å². The molecule has 0 aliphatic heterocycles. The Bertz CT molecular complexity index is 600. The summed E-state index contributed by atoms with van der Waals surface area (Å²) in [6.45, 7) is 2.95. The lowest BCUT2D eigenvalue weighted by molar-refractivity contribution is -0.139. The number of carbonyl (C=O) groups excluding carboxylic acids is 2. The fraction of sp³-hybridized carbons (Fsp3) is 0.619. The number of methoxy groups -OCH3 is 1. The number of hydrogen-bond acceptors (Lipinski definition) is 3. The third-order valence-corrected chi connectivity index (χ3v) is 5.32. The SMILES string of the molecule is COCCCN(C(=O)CCl)[C@H](C(=O)NC1CCCCC1)c1ccc(C)cc1. The molecule has 0 saturated heterocycles. The Morgan fingerprint density at radius 2 is 1.89 bits per heavy atom. The van der Waals surface area contributed by atoms with Crippen molar-refractivity contribution in [1.29, 1.82) is 0 Å². The van der Waals surface area contributed by atoms with Gasteiger partial charge < -0.3 is 15.0 Å². The number of amides is 2. The van der Waals surface area contributed by atoms with E-state index in [1.807, 2.05) is 31.2 Å². The van der Waals surface area contributed by atoms with Crippen molar-refractivity contribution in [2.75, 3.05) is 26.1 Å². The summed E-state index contributed by atoms with van der Waals surface area (Å²) < 4.78 is 5.12. The van der Waals surface area contributed by atoms with E-state index < -0.39 is 6.04 Å². The molecule has 1 saturated carbocycles. The summed E-state index contributed by atoms with van der Waals surface area (Å²) in [5.41, 5.74) is 1.92. The Kier molecular flexibility index (Phi) is 9.08. The maximum Gasteiger partial charge on any atom is 0.247 e. The van der Waals surface area contributed by atoms with E-state index in [0.717, 1.165) is 36.8 Å². The second-order valence-electron chi connectivity index (χ2n) is 7.22. The molecule has 27 heavy (non-hydrogen) atoms. The molecule has 5 nitrogen and oxygen atoms in total. The van der Waals surface area contributed by atoms with Gasteiger partial charge in [-0.3, -0.25) is 9.59 Å². The fourth-order valence-electron chi connectivity index (χ4n) is 3.60. The molecule has 0 heterocycles. The highest BCUT2D eigenvalue weighted by Crippen LogP contribution is 2.25. The Morgan fingerprint density at radius 1 is 1.22 bits per heavy atom. The smallest absolute Gasteiger partial charge is 0.247 e. The van der Waals surface area contributed by atoms with Crippen molar-refractivity contribution in [2.45, 2.75) is 57.5 Å². The molecule has 1 atom stereocenters. The molecule has 6 heteroatoms. The lowest BCUT2D eigenvalue weighted by Gasteiger charge is -2.33. The normalized spacial score (nSPS) is 16.0. The van der Waals surface area contributed by atoms with Gasteiger partial charge in [-0.15, -0.1) is 11.6 Å². The van der Waals surface area contributed by atoms with Crippen LogP contribution in [0.3, 0.4) is 0 Å². The molecule has 2 amide bonds. The second kappa shape index (κ2) is 11.3. The van der Waals surface area contributed by atoms with Crippen LogP contribution in [0.4, 0.5) is 0 Å². The van der Waals surface area contributed by atoms with E-state index in [9.17, 15) is 9.59 Å². The van der Waals surface area contributed by atoms with Crippen molar-refractivity contribution in [2.24, 2.45) is 0 Å². The van der Waals surface area contributed by atoms with Crippen LogP contribution in [-0.2, 0) is 14.3 Å². The van der Waals surface area contributed by atoms with Crippen LogP contribution in [0, 0.1) is 6.92 Å². The number of alkyl halides is 1. The van der Waals surface area contributed by atoms with Crippen LogP contribution in [0.25, 0.3) is 0 Å². The number of hydrogen-bond donors (Lipinski definition) is 1. The molecule has 150 valence electrons. The number of ether oxygens (including phenoxy) is 1. The van der Waals surface area contributed by atoms with Gasteiger partial charge in [0.1, 0.15) is 11.9 Å². The highest BCUT2D eigenvalue weighted by molar-refractivity contribution is 6.27. The van der Waals surface area contributed by atoms with Crippen molar-refractivity contribution in [3.63, 3.8) is 0 Å². The highest BCUT2D eigenvalue weighted by atomic mass is 35.5. The molecular formula is C21H31ClN2O3. The molecule has 1 aromatic rings. The highest BCUT2D eigenvalue weighted by Gasteiger charge is 2.32. The van der Waals surface area contributed by atoms with E-state index >= 15 is 0 Å². The molecule has 1 fully saturated rings. The molecule has 1 aliphatic carbocycles. The predicted molar refractivity (Wildman–Crippen MR) is 108 cm³/mol. The van der Waals surface area contributed by atoms with Gasteiger partial charge in [-0.25, -0.2) is 0 Å². The number of nitrogens with one attached hydrogen (secondary N) is 1. The summed E-state index contributed by atoms with van der Waals surface area (Å²) in [6.07, 6.45) is 6.15. The van der Waals surface area contributed by atoms with Crippen molar-refractivity contribution < 1.29 is 14.3 Å². The van der Waals surface area contributed by atoms with Crippen molar-refractivity contribution in [3.8, 4) is 0 Å². The lowest BCUT2D eigenvalue weighted by atomic mass is 9.94. The Labute approximate surface area is 167 Å². The first kappa shape index (κ1) is 21.7. The van der Waals surface area contributed by atoms with Gasteiger partial charge >= 0.3 is 0 Å². The number of halogens is 1. The molecule has 2 rings (SSSR count). The van der Waals surface area contributed by atoms with E-state index in [-0.39, 0.29) is 23.7 Å². The van der Waals surface area contributed by atoms with E-state index in [1.165, 1.54) is 6.42 Å². The minimum absolute atomic E-state index is 0.123. The topological polar surface area (TPSA) is 58.6 Å². The molecule has 0 spiro atoms. The first-order valence-corrected chi connectivity index (χ1v) is 10.3. The number of rotatable bonds is 9. The van der Waals surface area contributed by atoms with Crippen molar-refractivity contribution in [1.82, 2.24) is 10.2 Å². The maximum atomic E-state index is 13.2. The summed E-state index contributed by atoms with van der Waals surface area (Å²) in [7, 11) is 1.63. The quantitative estimate of drug-likeness (QED) is 0.514. The van der Waals surface area contributed by atoms with Gasteiger partial charge in [0.25, 0.3) is 0 Å².